The molecule has 0 saturated carbocycles. The van der Waals surface area contributed by atoms with Crippen LogP contribution >= 0.6 is 0 Å². The van der Waals surface area contributed by atoms with E-state index in [0.29, 0.717) is 24.5 Å². The summed E-state index contributed by atoms with van der Waals surface area (Å²) < 4.78 is 10.5. The van der Waals surface area contributed by atoms with Crippen molar-refractivity contribution in [2.24, 2.45) is 0 Å². The normalized spacial score (nSPS) is 15.3. The molecule has 18 heavy (non-hydrogen) atoms. The Morgan fingerprint density at radius 1 is 1.33 bits per heavy atom. The fourth-order valence-electron chi connectivity index (χ4n) is 1.75. The van der Waals surface area contributed by atoms with E-state index in [1.54, 1.807) is 0 Å². The second kappa shape index (κ2) is 6.05. The molecule has 0 aliphatic carbocycles. The molecule has 0 fully saturated rings. The number of ether oxygens (including phenoxy) is 2. The lowest BCUT2D eigenvalue weighted by molar-refractivity contribution is -0.117. The molecule has 2 rings (SSSR count). The Balaban J connectivity index is 2.02. The van der Waals surface area contributed by atoms with Gasteiger partial charge in [0.2, 0.25) is 5.78 Å². The zero-order valence-electron chi connectivity index (χ0n) is 10.4. The maximum absolute atomic E-state index is 11.6. The lowest BCUT2D eigenvalue weighted by atomic mass is 10.1. The first kappa shape index (κ1) is 12.4. The van der Waals surface area contributed by atoms with Gasteiger partial charge in [-0.3, -0.25) is 4.79 Å². The van der Waals surface area contributed by atoms with Crippen LogP contribution in [0.3, 0.4) is 0 Å². The SMILES string of the molecule is CCOC1=C(CC=Cc2ccccc2)C(=O)CO1. The van der Waals surface area contributed by atoms with Crippen LogP contribution in [0.15, 0.2) is 47.9 Å². The standard InChI is InChI=1S/C15H16O3/c1-2-17-15-13(14(16)11-18-15)10-6-9-12-7-4-3-5-8-12/h3-9H,2,10-11H2,1H3. The van der Waals surface area contributed by atoms with Gasteiger partial charge in [0.1, 0.15) is 0 Å². The molecule has 0 N–H and O–H groups in total. The second-order valence-electron chi connectivity index (χ2n) is 3.93. The van der Waals surface area contributed by atoms with Crippen molar-refractivity contribution in [1.29, 1.82) is 0 Å². The summed E-state index contributed by atoms with van der Waals surface area (Å²) >= 11 is 0. The van der Waals surface area contributed by atoms with Crippen LogP contribution in [0.25, 0.3) is 6.08 Å². The molecule has 3 heteroatoms. The minimum Gasteiger partial charge on any atom is -0.465 e. The van der Waals surface area contributed by atoms with E-state index in [1.165, 1.54) is 0 Å². The van der Waals surface area contributed by atoms with Crippen LogP contribution < -0.4 is 0 Å². The molecular weight excluding hydrogens is 228 g/mol. The van der Waals surface area contributed by atoms with Gasteiger partial charge in [-0.05, 0) is 12.5 Å². The molecule has 1 aromatic rings. The van der Waals surface area contributed by atoms with Gasteiger partial charge < -0.3 is 9.47 Å². The first-order chi connectivity index (χ1) is 8.81. The highest BCUT2D eigenvalue weighted by molar-refractivity contribution is 5.98. The lowest BCUT2D eigenvalue weighted by Crippen LogP contribution is -2.00. The van der Waals surface area contributed by atoms with Crippen LogP contribution in [-0.4, -0.2) is 19.0 Å². The third-order valence-corrected chi connectivity index (χ3v) is 2.62. The number of benzene rings is 1. The average molecular weight is 244 g/mol. The number of Topliss-reactive ketones (excluding diaryl/α,β-unsaturated/α-hetero) is 1. The summed E-state index contributed by atoms with van der Waals surface area (Å²) in [6.07, 6.45) is 4.49. The van der Waals surface area contributed by atoms with Crippen LogP contribution in [0, 0.1) is 0 Å². The minimum absolute atomic E-state index is 0.0103. The summed E-state index contributed by atoms with van der Waals surface area (Å²) in [7, 11) is 0. The third kappa shape index (κ3) is 3.00. The third-order valence-electron chi connectivity index (χ3n) is 2.62. The van der Waals surface area contributed by atoms with E-state index in [4.69, 9.17) is 9.47 Å². The van der Waals surface area contributed by atoms with Crippen LogP contribution in [-0.2, 0) is 14.3 Å². The number of hydrogen-bond acceptors (Lipinski definition) is 3. The van der Waals surface area contributed by atoms with Crippen LogP contribution in [0.4, 0.5) is 0 Å². The maximum Gasteiger partial charge on any atom is 0.287 e. The molecule has 0 spiro atoms. The number of rotatable bonds is 5. The molecule has 1 aliphatic rings. The van der Waals surface area contributed by atoms with Gasteiger partial charge in [-0.25, -0.2) is 0 Å². The Labute approximate surface area is 107 Å². The van der Waals surface area contributed by atoms with Crippen molar-refractivity contribution in [3.05, 3.63) is 53.5 Å². The summed E-state index contributed by atoms with van der Waals surface area (Å²) in [6.45, 7) is 2.48. The summed E-state index contributed by atoms with van der Waals surface area (Å²) in [4.78, 5) is 11.6. The van der Waals surface area contributed by atoms with Crippen LogP contribution in [0.5, 0.6) is 0 Å². The van der Waals surface area contributed by atoms with E-state index in [-0.39, 0.29) is 12.4 Å². The molecular formula is C15H16O3. The largest absolute Gasteiger partial charge is 0.465 e. The molecule has 0 aromatic heterocycles. The molecule has 1 aromatic carbocycles. The molecule has 1 heterocycles. The summed E-state index contributed by atoms with van der Waals surface area (Å²) in [6, 6.07) is 9.97. The minimum atomic E-state index is 0.0103. The molecule has 1 aliphatic heterocycles. The Kier molecular flexibility index (Phi) is 4.18. The molecule has 3 nitrogen and oxygen atoms in total. The van der Waals surface area contributed by atoms with Gasteiger partial charge in [0, 0.05) is 6.42 Å². The predicted molar refractivity (Wildman–Crippen MR) is 69.7 cm³/mol. The number of allylic oxidation sites excluding steroid dienone is 1. The Bertz CT molecular complexity index is 472. The molecule has 0 amide bonds. The van der Waals surface area contributed by atoms with Crippen molar-refractivity contribution < 1.29 is 14.3 Å². The Hall–Kier alpha value is -2.03. The first-order valence-electron chi connectivity index (χ1n) is 6.04. The van der Waals surface area contributed by atoms with E-state index in [9.17, 15) is 4.79 Å². The molecule has 0 radical (unpaired) electrons. The van der Waals surface area contributed by atoms with E-state index < -0.39 is 0 Å². The maximum atomic E-state index is 11.6. The van der Waals surface area contributed by atoms with E-state index in [2.05, 4.69) is 0 Å². The molecule has 0 atom stereocenters. The van der Waals surface area contributed by atoms with Crippen molar-refractivity contribution in [2.75, 3.05) is 13.2 Å². The van der Waals surface area contributed by atoms with E-state index in [0.717, 1.165) is 5.56 Å². The van der Waals surface area contributed by atoms with Gasteiger partial charge in [0.25, 0.3) is 5.95 Å². The molecule has 0 unspecified atom stereocenters. The van der Waals surface area contributed by atoms with Crippen molar-refractivity contribution in [3.63, 3.8) is 0 Å². The van der Waals surface area contributed by atoms with Crippen molar-refractivity contribution in [3.8, 4) is 0 Å². The van der Waals surface area contributed by atoms with E-state index >= 15 is 0 Å². The van der Waals surface area contributed by atoms with Gasteiger partial charge >= 0.3 is 0 Å². The molecule has 94 valence electrons. The quantitative estimate of drug-likeness (QED) is 0.798. The average Bonchev–Trinajstić information content (AvgIpc) is 2.73. The number of ketones is 1. The molecule has 0 saturated heterocycles. The highest BCUT2D eigenvalue weighted by atomic mass is 16.7. The van der Waals surface area contributed by atoms with Gasteiger partial charge in [0.15, 0.2) is 6.61 Å². The number of carbonyl (C=O) groups is 1. The topological polar surface area (TPSA) is 35.5 Å². The van der Waals surface area contributed by atoms with Gasteiger partial charge in [-0.2, -0.15) is 0 Å². The Morgan fingerprint density at radius 2 is 2.11 bits per heavy atom. The predicted octanol–water partition coefficient (Wildman–Crippen LogP) is 2.94. The number of carbonyl (C=O) groups excluding carboxylic acids is 1. The second-order valence-corrected chi connectivity index (χ2v) is 3.93. The van der Waals surface area contributed by atoms with Crippen molar-refractivity contribution in [1.82, 2.24) is 0 Å². The van der Waals surface area contributed by atoms with E-state index in [1.807, 2.05) is 49.4 Å². The Morgan fingerprint density at radius 3 is 2.83 bits per heavy atom. The van der Waals surface area contributed by atoms with Crippen LogP contribution in [0.1, 0.15) is 18.9 Å². The highest BCUT2D eigenvalue weighted by Crippen LogP contribution is 2.21. The fourth-order valence-corrected chi connectivity index (χ4v) is 1.75. The van der Waals surface area contributed by atoms with Crippen molar-refractivity contribution >= 4 is 11.9 Å². The monoisotopic (exact) mass is 244 g/mol. The molecule has 0 bridgehead atoms. The summed E-state index contributed by atoms with van der Waals surface area (Å²) in [5.41, 5.74) is 1.74. The van der Waals surface area contributed by atoms with Gasteiger partial charge in [-0.15, -0.1) is 0 Å². The smallest absolute Gasteiger partial charge is 0.287 e. The van der Waals surface area contributed by atoms with Crippen LogP contribution in [0.2, 0.25) is 0 Å². The van der Waals surface area contributed by atoms with Gasteiger partial charge in [0.05, 0.1) is 12.2 Å². The fraction of sp³-hybridized carbons (Fsp3) is 0.267. The summed E-state index contributed by atoms with van der Waals surface area (Å²) in [5, 5.41) is 0. The summed E-state index contributed by atoms with van der Waals surface area (Å²) in [5.74, 6) is 0.399. The van der Waals surface area contributed by atoms with Gasteiger partial charge in [-0.1, -0.05) is 42.5 Å². The first-order valence-corrected chi connectivity index (χ1v) is 6.04. The van der Waals surface area contributed by atoms with Crippen molar-refractivity contribution in [2.45, 2.75) is 13.3 Å². The zero-order chi connectivity index (χ0) is 12.8. The lowest BCUT2D eigenvalue weighted by Gasteiger charge is -2.03. The number of hydrogen-bond donors (Lipinski definition) is 0. The zero-order valence-corrected chi connectivity index (χ0v) is 10.4. The highest BCUT2D eigenvalue weighted by Gasteiger charge is 2.24.